The van der Waals surface area contributed by atoms with Gasteiger partial charge in [-0.3, -0.25) is 19.7 Å². The van der Waals surface area contributed by atoms with E-state index in [1.807, 2.05) is 6.92 Å². The molecule has 0 aliphatic rings. The minimum Gasteiger partial charge on any atom is -0.354 e. The molecule has 2 aromatic carbocycles. The Morgan fingerprint density at radius 3 is 2.47 bits per heavy atom. The number of carbonyl (C=O) groups excluding carboxylic acids is 2. The summed E-state index contributed by atoms with van der Waals surface area (Å²) in [5, 5.41) is 14.7. The van der Waals surface area contributed by atoms with Crippen molar-refractivity contribution < 1.29 is 14.5 Å². The molecule has 8 heteroatoms. The molecule has 0 aromatic heterocycles. The smallest absolute Gasteiger partial charge is 0.273 e. The Labute approximate surface area is 181 Å². The van der Waals surface area contributed by atoms with Crippen LogP contribution in [0.3, 0.4) is 0 Å². The Balaban J connectivity index is 2.25. The third-order valence-corrected chi connectivity index (χ3v) is 5.05. The van der Waals surface area contributed by atoms with Gasteiger partial charge in [0.15, 0.2) is 0 Å². The molecule has 0 radical (unpaired) electrons. The fourth-order valence-electron chi connectivity index (χ4n) is 3.01. The number of rotatable bonds is 10. The molecular weight excluding hydrogens is 406 g/mol. The molecule has 0 aliphatic heterocycles. The normalized spacial score (nSPS) is 11.6. The second-order valence-corrected chi connectivity index (χ2v) is 7.47. The van der Waals surface area contributed by atoms with Gasteiger partial charge in [0.2, 0.25) is 11.8 Å². The van der Waals surface area contributed by atoms with Gasteiger partial charge in [-0.1, -0.05) is 55.3 Å². The lowest BCUT2D eigenvalue weighted by molar-refractivity contribution is -0.385. The first-order valence-corrected chi connectivity index (χ1v) is 10.2. The van der Waals surface area contributed by atoms with Gasteiger partial charge in [0, 0.05) is 29.7 Å². The maximum absolute atomic E-state index is 13.1. The Morgan fingerprint density at radius 2 is 1.83 bits per heavy atom. The van der Waals surface area contributed by atoms with E-state index in [-0.39, 0.29) is 30.5 Å². The van der Waals surface area contributed by atoms with E-state index in [4.69, 9.17) is 11.6 Å². The van der Waals surface area contributed by atoms with Crippen molar-refractivity contribution in [3.8, 4) is 0 Å². The summed E-state index contributed by atoms with van der Waals surface area (Å²) in [6.45, 7) is 4.42. The van der Waals surface area contributed by atoms with Crippen LogP contribution in [-0.4, -0.2) is 34.2 Å². The van der Waals surface area contributed by atoms with Crippen LogP contribution in [0.4, 0.5) is 5.69 Å². The van der Waals surface area contributed by atoms with E-state index in [0.717, 1.165) is 18.4 Å². The van der Waals surface area contributed by atoms with Crippen molar-refractivity contribution in [1.82, 2.24) is 10.2 Å². The van der Waals surface area contributed by atoms with Crippen LogP contribution in [0.2, 0.25) is 5.02 Å². The molecule has 1 N–H and O–H groups in total. The Kier molecular flexibility index (Phi) is 8.80. The third kappa shape index (κ3) is 6.56. The summed E-state index contributed by atoms with van der Waals surface area (Å²) in [7, 11) is 0. The first-order chi connectivity index (χ1) is 14.3. The van der Waals surface area contributed by atoms with Gasteiger partial charge in [0.25, 0.3) is 5.69 Å². The molecule has 0 saturated heterocycles. The monoisotopic (exact) mass is 431 g/mol. The summed E-state index contributed by atoms with van der Waals surface area (Å²) >= 11 is 5.94. The molecule has 1 atom stereocenters. The number of nitrogens with zero attached hydrogens (tertiary/aromatic N) is 2. The van der Waals surface area contributed by atoms with E-state index in [9.17, 15) is 19.7 Å². The zero-order valence-corrected chi connectivity index (χ0v) is 17.9. The zero-order valence-electron chi connectivity index (χ0n) is 17.1. The molecule has 2 rings (SSSR count). The highest BCUT2D eigenvalue weighted by molar-refractivity contribution is 6.30. The average molecular weight is 432 g/mol. The topological polar surface area (TPSA) is 92.6 Å². The van der Waals surface area contributed by atoms with Crippen LogP contribution < -0.4 is 5.32 Å². The van der Waals surface area contributed by atoms with Gasteiger partial charge in [-0.15, -0.1) is 0 Å². The van der Waals surface area contributed by atoms with E-state index in [0.29, 0.717) is 17.1 Å². The van der Waals surface area contributed by atoms with Gasteiger partial charge in [0.05, 0.1) is 11.3 Å². The molecule has 7 nitrogen and oxygen atoms in total. The van der Waals surface area contributed by atoms with Crippen LogP contribution >= 0.6 is 11.6 Å². The minimum atomic E-state index is -0.729. The van der Waals surface area contributed by atoms with Crippen molar-refractivity contribution in [2.45, 2.75) is 45.7 Å². The van der Waals surface area contributed by atoms with E-state index in [2.05, 4.69) is 5.32 Å². The number of amides is 2. The number of nitrogens with one attached hydrogen (secondary N) is 1. The van der Waals surface area contributed by atoms with Crippen LogP contribution in [0.15, 0.2) is 48.5 Å². The molecule has 160 valence electrons. The summed E-state index contributed by atoms with van der Waals surface area (Å²) in [4.78, 5) is 38.0. The quantitative estimate of drug-likeness (QED) is 0.348. The highest BCUT2D eigenvalue weighted by atomic mass is 35.5. The van der Waals surface area contributed by atoms with Crippen LogP contribution in [0.5, 0.6) is 0 Å². The zero-order chi connectivity index (χ0) is 22.1. The van der Waals surface area contributed by atoms with Crippen molar-refractivity contribution in [3.63, 3.8) is 0 Å². The number of unbranched alkanes of at least 4 members (excludes halogenated alkanes) is 1. The van der Waals surface area contributed by atoms with Crippen molar-refractivity contribution in [2.24, 2.45) is 0 Å². The van der Waals surface area contributed by atoms with Crippen molar-refractivity contribution in [3.05, 3.63) is 74.8 Å². The minimum absolute atomic E-state index is 0.114. The highest BCUT2D eigenvalue weighted by Gasteiger charge is 2.27. The summed E-state index contributed by atoms with van der Waals surface area (Å²) in [6.07, 6.45) is 1.62. The fourth-order valence-corrected chi connectivity index (χ4v) is 3.13. The maximum Gasteiger partial charge on any atom is 0.273 e. The Bertz CT molecular complexity index is 886. The molecule has 0 fully saturated rings. The van der Waals surface area contributed by atoms with Gasteiger partial charge in [-0.2, -0.15) is 0 Å². The molecule has 0 bridgehead atoms. The van der Waals surface area contributed by atoms with Crippen LogP contribution in [0.25, 0.3) is 0 Å². The lowest BCUT2D eigenvalue weighted by Gasteiger charge is -2.29. The van der Waals surface area contributed by atoms with E-state index < -0.39 is 11.0 Å². The lowest BCUT2D eigenvalue weighted by atomic mass is 10.1. The van der Waals surface area contributed by atoms with Crippen molar-refractivity contribution in [1.29, 1.82) is 0 Å². The van der Waals surface area contributed by atoms with Crippen LogP contribution in [0, 0.1) is 10.1 Å². The first kappa shape index (κ1) is 23.3. The average Bonchev–Trinajstić information content (AvgIpc) is 2.73. The van der Waals surface area contributed by atoms with Crippen LogP contribution in [0.1, 0.15) is 37.8 Å². The van der Waals surface area contributed by atoms with E-state index >= 15 is 0 Å². The van der Waals surface area contributed by atoms with Gasteiger partial charge >= 0.3 is 0 Å². The van der Waals surface area contributed by atoms with Gasteiger partial charge in [-0.25, -0.2) is 0 Å². The number of hydrogen-bond acceptors (Lipinski definition) is 4. The molecule has 0 saturated carbocycles. The van der Waals surface area contributed by atoms with Gasteiger partial charge in [0.1, 0.15) is 6.04 Å². The first-order valence-electron chi connectivity index (χ1n) is 9.87. The van der Waals surface area contributed by atoms with Crippen LogP contribution in [-0.2, 0) is 22.6 Å². The van der Waals surface area contributed by atoms with Crippen molar-refractivity contribution >= 4 is 29.1 Å². The predicted octanol–water partition coefficient (Wildman–Crippen LogP) is 4.12. The third-order valence-electron chi connectivity index (χ3n) is 4.79. The Hall–Kier alpha value is -2.93. The van der Waals surface area contributed by atoms with Gasteiger partial charge in [-0.05, 0) is 31.0 Å². The number of nitro benzene ring substituents is 1. The molecular formula is C22H26ClN3O4. The fraction of sp³-hybridized carbons (Fsp3) is 0.364. The SMILES string of the molecule is CCCCNC(=O)C(C)N(Cc1ccc(Cl)cc1)C(=O)Cc1ccccc1[N+](=O)[O-]. The largest absolute Gasteiger partial charge is 0.354 e. The lowest BCUT2D eigenvalue weighted by Crippen LogP contribution is -2.48. The second-order valence-electron chi connectivity index (χ2n) is 7.03. The number of benzene rings is 2. The maximum atomic E-state index is 13.1. The molecule has 0 aliphatic carbocycles. The molecule has 30 heavy (non-hydrogen) atoms. The number of hydrogen-bond donors (Lipinski definition) is 1. The molecule has 2 amide bonds. The Morgan fingerprint density at radius 1 is 1.17 bits per heavy atom. The van der Waals surface area contributed by atoms with Gasteiger partial charge < -0.3 is 10.2 Å². The number of nitro groups is 1. The molecule has 1 unspecified atom stereocenters. The highest BCUT2D eigenvalue weighted by Crippen LogP contribution is 2.21. The van der Waals surface area contributed by atoms with E-state index in [1.165, 1.54) is 11.0 Å². The standard InChI is InChI=1S/C22H26ClN3O4/c1-3-4-13-24-22(28)16(2)25(15-17-9-11-19(23)12-10-17)21(27)14-18-7-5-6-8-20(18)26(29)30/h5-12,16H,3-4,13-15H2,1-2H3,(H,24,28). The van der Waals surface area contributed by atoms with E-state index in [1.54, 1.807) is 49.4 Å². The summed E-state index contributed by atoms with van der Waals surface area (Å²) in [5.41, 5.74) is 1.01. The second kappa shape index (κ2) is 11.3. The number of halogens is 1. The molecule has 0 spiro atoms. The number of carbonyl (C=O) groups is 2. The molecule has 0 heterocycles. The summed E-state index contributed by atoms with van der Waals surface area (Å²) in [5.74, 6) is -0.620. The summed E-state index contributed by atoms with van der Waals surface area (Å²) < 4.78 is 0. The predicted molar refractivity (Wildman–Crippen MR) is 116 cm³/mol. The molecule has 2 aromatic rings. The summed E-state index contributed by atoms with van der Waals surface area (Å²) in [6, 6.07) is 12.4. The van der Waals surface area contributed by atoms with Crippen molar-refractivity contribution in [2.75, 3.05) is 6.54 Å². The number of para-hydroxylation sites is 1.